The SMILES string of the molecule is C/C=C1\C[C@H]2C=Nc3cc(OCc4cc(C(C)(C)SCC(=O)NCCOCCOCCOCCOCCC(=O)OC)cc(COc5cc6c(cc5OC)C(=O)N5C/C(=C/C)C[C@H]5C=N6)n4)c(OC)cc3C(=O)N2C1. The van der Waals surface area contributed by atoms with Gasteiger partial charge >= 0.3 is 5.97 Å². The molecule has 7 rings (SSSR count). The molecule has 20 heteroatoms. The van der Waals surface area contributed by atoms with E-state index < -0.39 is 4.75 Å². The lowest BCUT2D eigenvalue weighted by atomic mass is 10.0. The van der Waals surface area contributed by atoms with Crippen LogP contribution in [0.4, 0.5) is 11.4 Å². The van der Waals surface area contributed by atoms with Crippen molar-refractivity contribution < 1.29 is 61.8 Å². The molecule has 398 valence electrons. The number of allylic oxidation sites excluding steroid dienone is 2. The molecule has 2 aromatic carbocycles. The van der Waals surface area contributed by atoms with E-state index in [1.165, 1.54) is 44.2 Å². The van der Waals surface area contributed by atoms with E-state index in [9.17, 15) is 19.2 Å². The first-order valence-electron chi connectivity index (χ1n) is 24.8. The number of pyridine rings is 1. The summed E-state index contributed by atoms with van der Waals surface area (Å²) in [4.78, 5) is 69.8. The van der Waals surface area contributed by atoms with Crippen LogP contribution in [0, 0.1) is 0 Å². The second-order valence-corrected chi connectivity index (χ2v) is 19.8. The Labute approximate surface area is 437 Å². The second-order valence-electron chi connectivity index (χ2n) is 18.2. The van der Waals surface area contributed by atoms with Crippen LogP contribution in [0.25, 0.3) is 0 Å². The van der Waals surface area contributed by atoms with Gasteiger partial charge in [0.2, 0.25) is 5.91 Å². The second kappa shape index (κ2) is 26.8. The quantitative estimate of drug-likeness (QED) is 0.0478. The fraction of sp³-hybridized carbons (Fsp3) is 0.500. The van der Waals surface area contributed by atoms with Crippen LogP contribution in [0.15, 0.2) is 69.7 Å². The smallest absolute Gasteiger partial charge is 0.307 e. The van der Waals surface area contributed by atoms with Crippen molar-refractivity contribution in [2.24, 2.45) is 9.98 Å². The maximum Gasteiger partial charge on any atom is 0.307 e. The first kappa shape index (κ1) is 55.4. The molecule has 0 radical (unpaired) electrons. The third-order valence-corrected chi connectivity index (χ3v) is 14.3. The Morgan fingerprint density at radius 2 is 1.15 bits per heavy atom. The van der Waals surface area contributed by atoms with Crippen molar-refractivity contribution in [3.8, 4) is 23.0 Å². The van der Waals surface area contributed by atoms with Crippen LogP contribution >= 0.6 is 11.8 Å². The maximum atomic E-state index is 13.8. The number of nitrogens with zero attached hydrogens (tertiary/aromatic N) is 5. The molecule has 2 saturated heterocycles. The third-order valence-electron chi connectivity index (χ3n) is 12.9. The van der Waals surface area contributed by atoms with Gasteiger partial charge in [-0.15, -0.1) is 11.8 Å². The van der Waals surface area contributed by atoms with Crippen molar-refractivity contribution in [1.29, 1.82) is 0 Å². The van der Waals surface area contributed by atoms with Crippen molar-refractivity contribution in [2.45, 2.75) is 77.0 Å². The number of thioether (sulfide) groups is 1. The van der Waals surface area contributed by atoms with Crippen LogP contribution in [0.2, 0.25) is 0 Å². The van der Waals surface area contributed by atoms with E-state index >= 15 is 0 Å². The third kappa shape index (κ3) is 14.5. The molecule has 0 aliphatic carbocycles. The Morgan fingerprint density at radius 3 is 1.61 bits per heavy atom. The number of nitrogens with one attached hydrogen (secondary N) is 1. The molecule has 3 aromatic rings. The lowest BCUT2D eigenvalue weighted by Crippen LogP contribution is -2.35. The van der Waals surface area contributed by atoms with Gasteiger partial charge in [0.1, 0.15) is 13.2 Å². The van der Waals surface area contributed by atoms with Gasteiger partial charge in [-0.3, -0.25) is 34.1 Å². The van der Waals surface area contributed by atoms with E-state index in [-0.39, 0.29) is 67.8 Å². The van der Waals surface area contributed by atoms with Gasteiger partial charge in [0.15, 0.2) is 23.0 Å². The summed E-state index contributed by atoms with van der Waals surface area (Å²) in [6.07, 6.45) is 9.44. The van der Waals surface area contributed by atoms with Gasteiger partial charge in [0.25, 0.3) is 11.8 Å². The topological polar surface area (TPSA) is 207 Å². The Balaban J connectivity index is 0.982. The largest absolute Gasteiger partial charge is 0.493 e. The lowest BCUT2D eigenvalue weighted by molar-refractivity contribution is -0.142. The Hall–Kier alpha value is -6.32. The molecule has 4 aliphatic heterocycles. The fourth-order valence-corrected chi connectivity index (χ4v) is 9.52. The van der Waals surface area contributed by atoms with Crippen molar-refractivity contribution >= 4 is 59.3 Å². The molecule has 1 aromatic heterocycles. The van der Waals surface area contributed by atoms with Crippen molar-refractivity contribution in [1.82, 2.24) is 20.1 Å². The van der Waals surface area contributed by atoms with Crippen molar-refractivity contribution in [3.63, 3.8) is 0 Å². The van der Waals surface area contributed by atoms with E-state index in [1.807, 2.05) is 62.1 Å². The Kier molecular flexibility index (Phi) is 20.0. The predicted octanol–water partition coefficient (Wildman–Crippen LogP) is 6.72. The van der Waals surface area contributed by atoms with Crippen LogP contribution < -0.4 is 24.3 Å². The molecule has 4 aliphatic rings. The highest BCUT2D eigenvalue weighted by atomic mass is 32.2. The number of hydrogen-bond acceptors (Lipinski definition) is 17. The average molecular weight is 1040 g/mol. The predicted molar refractivity (Wildman–Crippen MR) is 280 cm³/mol. The highest BCUT2D eigenvalue weighted by Crippen LogP contribution is 2.42. The summed E-state index contributed by atoms with van der Waals surface area (Å²) in [5, 5.41) is 2.93. The number of benzene rings is 2. The molecular weight excluding hydrogens is 973 g/mol. The Bertz CT molecular complexity index is 2480. The summed E-state index contributed by atoms with van der Waals surface area (Å²) >= 11 is 1.47. The standard InChI is InChI=1S/C54H68N6O13S/c1-8-35-20-40-28-56-44-26-48(46(65-5)24-42(44)52(63)59(40)30-35)72-32-38-22-37(54(3,4)74-34-50(61)55-11-13-69-15-17-71-19-18-70-16-14-68-12-10-51(62)67-7)23-39(58-38)33-73-49-27-45-43(25-47(49)66-6)53(64)60-31-36(9-2)21-41(60)29-57-45/h8-9,22-29,40-41H,10-21,30-34H2,1-7H3,(H,55,61)/b35-8+,36-9+/t40-,41-/m0/s1. The Morgan fingerprint density at radius 1 is 0.676 bits per heavy atom. The van der Waals surface area contributed by atoms with Crippen molar-refractivity contribution in [3.05, 3.63) is 87.8 Å². The normalized spacial score (nSPS) is 17.9. The number of methoxy groups -OCH3 is 3. The fourth-order valence-electron chi connectivity index (χ4n) is 8.64. The number of aromatic nitrogens is 1. The molecule has 5 heterocycles. The molecule has 0 bridgehead atoms. The first-order chi connectivity index (χ1) is 35.8. The molecule has 74 heavy (non-hydrogen) atoms. The van der Waals surface area contributed by atoms with E-state index in [1.54, 1.807) is 24.3 Å². The average Bonchev–Trinajstić information content (AvgIpc) is 3.98. The number of ether oxygens (including phenoxy) is 9. The number of carbonyl (C=O) groups is 4. The molecule has 0 saturated carbocycles. The zero-order chi connectivity index (χ0) is 52.6. The van der Waals surface area contributed by atoms with Crippen molar-refractivity contribution in [2.75, 3.05) is 99.6 Å². The number of esters is 1. The van der Waals surface area contributed by atoms with Gasteiger partial charge in [-0.2, -0.15) is 0 Å². The van der Waals surface area contributed by atoms with E-state index in [2.05, 4.69) is 22.2 Å². The highest BCUT2D eigenvalue weighted by molar-refractivity contribution is 8.00. The summed E-state index contributed by atoms with van der Waals surface area (Å²) in [7, 11) is 4.40. The highest BCUT2D eigenvalue weighted by Gasteiger charge is 2.36. The number of carbonyl (C=O) groups excluding carboxylic acids is 4. The van der Waals surface area contributed by atoms with Crippen LogP contribution in [-0.2, 0) is 51.2 Å². The van der Waals surface area contributed by atoms with E-state index in [4.69, 9.17) is 52.9 Å². The van der Waals surface area contributed by atoms with Crippen LogP contribution in [0.3, 0.4) is 0 Å². The number of rotatable bonds is 27. The molecule has 2 atom stereocenters. The van der Waals surface area contributed by atoms with Crippen LogP contribution in [-0.4, -0.2) is 163 Å². The molecule has 0 unspecified atom stereocenters. The maximum absolute atomic E-state index is 13.8. The molecule has 3 amide bonds. The molecule has 2 fully saturated rings. The summed E-state index contributed by atoms with van der Waals surface area (Å²) in [6.45, 7) is 12.4. The molecule has 1 N–H and O–H groups in total. The van der Waals surface area contributed by atoms with Gasteiger partial charge in [0.05, 0.1) is 132 Å². The summed E-state index contributed by atoms with van der Waals surface area (Å²) in [5.41, 5.74) is 6.26. The molecule has 19 nitrogen and oxygen atoms in total. The first-order valence-corrected chi connectivity index (χ1v) is 25.8. The number of amides is 3. The van der Waals surface area contributed by atoms with Gasteiger partial charge in [0, 0.05) is 48.9 Å². The summed E-state index contributed by atoms with van der Waals surface area (Å²) in [5.74, 6) is 1.03. The van der Waals surface area contributed by atoms with Gasteiger partial charge < -0.3 is 57.7 Å². The van der Waals surface area contributed by atoms with Gasteiger partial charge in [-0.05, 0) is 70.4 Å². The number of aliphatic imine (C=N–C) groups is 2. The molecule has 0 spiro atoms. The lowest BCUT2D eigenvalue weighted by Gasteiger charge is -2.26. The zero-order valence-electron chi connectivity index (χ0n) is 43.4. The summed E-state index contributed by atoms with van der Waals surface area (Å²) in [6, 6.07) is 10.4. The number of fused-ring (bicyclic) bond motifs is 4. The van der Waals surface area contributed by atoms with E-state index in [0.29, 0.717) is 123 Å². The van der Waals surface area contributed by atoms with E-state index in [0.717, 1.165) is 18.4 Å². The monoisotopic (exact) mass is 1040 g/mol. The van der Waals surface area contributed by atoms with Crippen LogP contribution in [0.1, 0.15) is 84.6 Å². The minimum atomic E-state index is -0.590. The summed E-state index contributed by atoms with van der Waals surface area (Å²) < 4.78 is 50.3. The van der Waals surface area contributed by atoms with Crippen LogP contribution in [0.5, 0.6) is 23.0 Å². The van der Waals surface area contributed by atoms with Gasteiger partial charge in [-0.25, -0.2) is 0 Å². The minimum absolute atomic E-state index is 0.0228. The number of hydrogen-bond donors (Lipinski definition) is 1. The van der Waals surface area contributed by atoms with Gasteiger partial charge in [-0.1, -0.05) is 23.3 Å². The minimum Gasteiger partial charge on any atom is -0.493 e. The molecular formula is C54H68N6O13S. The zero-order valence-corrected chi connectivity index (χ0v) is 44.2.